The van der Waals surface area contributed by atoms with E-state index in [1.807, 2.05) is 6.92 Å². The third-order valence-corrected chi connectivity index (χ3v) is 11.6. The van der Waals surface area contributed by atoms with Crippen LogP contribution in [0.2, 0.25) is 0 Å². The smallest absolute Gasteiger partial charge is 0.0622 e. The molecular weight excluding hydrogens is 368 g/mol. The molecule has 0 saturated heterocycles. The van der Waals surface area contributed by atoms with E-state index in [0.29, 0.717) is 10.8 Å². The van der Waals surface area contributed by atoms with Crippen LogP contribution in [0.1, 0.15) is 119 Å². The summed E-state index contributed by atoms with van der Waals surface area (Å²) in [4.78, 5) is 0. The zero-order chi connectivity index (χ0) is 21.9. The van der Waals surface area contributed by atoms with E-state index in [4.69, 9.17) is 0 Å². The molecular formula is C28H50O2. The summed E-state index contributed by atoms with van der Waals surface area (Å²) < 4.78 is 0. The van der Waals surface area contributed by atoms with Gasteiger partial charge in [0, 0.05) is 0 Å². The van der Waals surface area contributed by atoms with E-state index in [1.54, 1.807) is 0 Å². The van der Waals surface area contributed by atoms with Crippen LogP contribution < -0.4 is 0 Å². The summed E-state index contributed by atoms with van der Waals surface area (Å²) in [7, 11) is 0. The Hall–Kier alpha value is -0.0800. The minimum absolute atomic E-state index is 0.423. The van der Waals surface area contributed by atoms with Crippen LogP contribution in [0.5, 0.6) is 0 Å². The van der Waals surface area contributed by atoms with Crippen LogP contribution in [0, 0.1) is 46.3 Å². The normalized spacial score (nSPS) is 51.4. The Bertz CT molecular complexity index is 624. The van der Waals surface area contributed by atoms with Crippen LogP contribution in [0.3, 0.4) is 0 Å². The van der Waals surface area contributed by atoms with Gasteiger partial charge in [-0.05, 0) is 137 Å². The number of hydrogen-bond acceptors (Lipinski definition) is 2. The standard InChI is InChI=1S/C28H50O2/c1-7-25(3,29)14-12-19(2)22-10-11-23-21-9-8-20-18-26(4,30)16-17-27(20,5)24(21)13-15-28(22,23)6/h19-24,29-30H,7-18H2,1-6H3/t19-,20-,21+,22?,23+,24+,25?,26+,27+,28-/m1/s1. The SMILES string of the molecule is CCC(C)(O)CC[C@@H](C)C1CC[C@H]2[C@@H]3CC[C@@H]4C[C@@](C)(O)CC[C@]4(C)[C@H]3CC[C@]12C. The largest absolute Gasteiger partial charge is 0.390 e. The zero-order valence-electron chi connectivity index (χ0n) is 20.8. The maximum absolute atomic E-state index is 10.7. The van der Waals surface area contributed by atoms with Gasteiger partial charge in [0.2, 0.25) is 0 Å². The van der Waals surface area contributed by atoms with E-state index in [-0.39, 0.29) is 0 Å². The third-order valence-electron chi connectivity index (χ3n) is 11.6. The molecule has 0 aromatic carbocycles. The molecule has 0 aromatic heterocycles. The van der Waals surface area contributed by atoms with Gasteiger partial charge < -0.3 is 10.2 Å². The minimum Gasteiger partial charge on any atom is -0.390 e. The number of hydrogen-bond donors (Lipinski definition) is 2. The predicted molar refractivity (Wildman–Crippen MR) is 125 cm³/mol. The molecule has 0 aromatic rings. The average Bonchev–Trinajstić information content (AvgIpc) is 3.04. The lowest BCUT2D eigenvalue weighted by atomic mass is 9.43. The summed E-state index contributed by atoms with van der Waals surface area (Å²) in [6.45, 7) is 14.0. The van der Waals surface area contributed by atoms with Crippen LogP contribution in [-0.4, -0.2) is 21.4 Å². The van der Waals surface area contributed by atoms with Crippen molar-refractivity contribution in [2.45, 2.75) is 130 Å². The molecule has 0 amide bonds. The number of aliphatic hydroxyl groups is 2. The molecule has 4 aliphatic rings. The summed E-state index contributed by atoms with van der Waals surface area (Å²) >= 11 is 0. The fourth-order valence-corrected chi connectivity index (χ4v) is 9.32. The molecule has 0 heterocycles. The Morgan fingerprint density at radius 3 is 2.33 bits per heavy atom. The average molecular weight is 419 g/mol. The van der Waals surface area contributed by atoms with Crippen molar-refractivity contribution < 1.29 is 10.2 Å². The second-order valence-corrected chi connectivity index (χ2v) is 13.5. The first-order valence-corrected chi connectivity index (χ1v) is 13.4. The van der Waals surface area contributed by atoms with Gasteiger partial charge in [-0.25, -0.2) is 0 Å². The lowest BCUT2D eigenvalue weighted by Crippen LogP contribution is -2.55. The fourth-order valence-electron chi connectivity index (χ4n) is 9.32. The Morgan fingerprint density at radius 2 is 1.63 bits per heavy atom. The van der Waals surface area contributed by atoms with Crippen molar-refractivity contribution in [1.29, 1.82) is 0 Å². The second kappa shape index (κ2) is 7.75. The molecule has 2 heteroatoms. The van der Waals surface area contributed by atoms with E-state index in [1.165, 1.54) is 51.4 Å². The predicted octanol–water partition coefficient (Wildman–Crippen LogP) is 6.97. The number of rotatable bonds is 5. The summed E-state index contributed by atoms with van der Waals surface area (Å²) in [5.41, 5.74) is 0.0752. The van der Waals surface area contributed by atoms with E-state index in [2.05, 4.69) is 34.6 Å². The quantitative estimate of drug-likeness (QED) is 0.506. The molecule has 4 saturated carbocycles. The van der Waals surface area contributed by atoms with Crippen LogP contribution in [0.4, 0.5) is 0 Å². The van der Waals surface area contributed by atoms with E-state index in [9.17, 15) is 10.2 Å². The van der Waals surface area contributed by atoms with Gasteiger partial charge in [0.25, 0.3) is 0 Å². The summed E-state index contributed by atoms with van der Waals surface area (Å²) in [5.74, 6) is 5.03. The summed E-state index contributed by atoms with van der Waals surface area (Å²) in [6.07, 6.45) is 14.7. The monoisotopic (exact) mass is 418 g/mol. The highest BCUT2D eigenvalue weighted by Gasteiger charge is 2.61. The molecule has 2 unspecified atom stereocenters. The van der Waals surface area contributed by atoms with Crippen molar-refractivity contribution in [2.75, 3.05) is 0 Å². The van der Waals surface area contributed by atoms with Crippen molar-refractivity contribution in [2.24, 2.45) is 46.3 Å². The van der Waals surface area contributed by atoms with Crippen LogP contribution in [0.15, 0.2) is 0 Å². The maximum atomic E-state index is 10.7. The van der Waals surface area contributed by atoms with Gasteiger partial charge in [0.05, 0.1) is 11.2 Å². The van der Waals surface area contributed by atoms with Gasteiger partial charge >= 0.3 is 0 Å². The Labute approximate surface area is 186 Å². The lowest BCUT2D eigenvalue weighted by Gasteiger charge is -2.62. The number of fused-ring (bicyclic) bond motifs is 5. The van der Waals surface area contributed by atoms with Crippen LogP contribution in [0.25, 0.3) is 0 Å². The fraction of sp³-hybridized carbons (Fsp3) is 1.00. The van der Waals surface area contributed by atoms with E-state index >= 15 is 0 Å². The highest BCUT2D eigenvalue weighted by atomic mass is 16.3. The summed E-state index contributed by atoms with van der Waals surface area (Å²) in [6, 6.07) is 0. The first kappa shape index (κ1) is 23.1. The maximum Gasteiger partial charge on any atom is 0.0622 e. The molecule has 4 aliphatic carbocycles. The Morgan fingerprint density at radius 1 is 0.933 bits per heavy atom. The van der Waals surface area contributed by atoms with Crippen LogP contribution >= 0.6 is 0 Å². The molecule has 2 N–H and O–H groups in total. The van der Waals surface area contributed by atoms with E-state index < -0.39 is 11.2 Å². The van der Waals surface area contributed by atoms with Crippen molar-refractivity contribution in [1.82, 2.24) is 0 Å². The van der Waals surface area contributed by atoms with Crippen molar-refractivity contribution in [3.05, 3.63) is 0 Å². The molecule has 0 aliphatic heterocycles. The molecule has 0 spiro atoms. The molecule has 4 fully saturated rings. The molecule has 0 bridgehead atoms. The van der Waals surface area contributed by atoms with Gasteiger partial charge in [-0.15, -0.1) is 0 Å². The van der Waals surface area contributed by atoms with Crippen LogP contribution in [-0.2, 0) is 0 Å². The summed E-state index contributed by atoms with van der Waals surface area (Å²) in [5, 5.41) is 21.2. The van der Waals surface area contributed by atoms with Crippen molar-refractivity contribution >= 4 is 0 Å². The first-order valence-electron chi connectivity index (χ1n) is 13.4. The van der Waals surface area contributed by atoms with Gasteiger partial charge in [0.15, 0.2) is 0 Å². The van der Waals surface area contributed by atoms with Gasteiger partial charge in [-0.3, -0.25) is 0 Å². The molecule has 10 atom stereocenters. The van der Waals surface area contributed by atoms with Gasteiger partial charge in [0.1, 0.15) is 0 Å². The van der Waals surface area contributed by atoms with Gasteiger partial charge in [-0.2, -0.15) is 0 Å². The Balaban J connectivity index is 1.48. The Kier molecular flexibility index (Phi) is 5.97. The van der Waals surface area contributed by atoms with E-state index in [0.717, 1.165) is 61.2 Å². The highest BCUT2D eigenvalue weighted by molar-refractivity contribution is 5.10. The minimum atomic E-state index is -0.486. The van der Waals surface area contributed by atoms with Crippen molar-refractivity contribution in [3.63, 3.8) is 0 Å². The first-order chi connectivity index (χ1) is 13.9. The van der Waals surface area contributed by atoms with Gasteiger partial charge in [-0.1, -0.05) is 27.7 Å². The molecule has 4 rings (SSSR count). The lowest BCUT2D eigenvalue weighted by molar-refractivity contribution is -0.148. The molecule has 0 radical (unpaired) electrons. The topological polar surface area (TPSA) is 40.5 Å². The second-order valence-electron chi connectivity index (χ2n) is 13.5. The molecule has 174 valence electrons. The molecule has 2 nitrogen and oxygen atoms in total. The highest BCUT2D eigenvalue weighted by Crippen LogP contribution is 2.68. The third kappa shape index (κ3) is 3.81. The van der Waals surface area contributed by atoms with Crippen molar-refractivity contribution in [3.8, 4) is 0 Å². The molecule has 30 heavy (non-hydrogen) atoms. The zero-order valence-corrected chi connectivity index (χ0v) is 20.8.